The van der Waals surface area contributed by atoms with E-state index in [4.69, 9.17) is 4.74 Å². The van der Waals surface area contributed by atoms with Gasteiger partial charge in [-0.2, -0.15) is 9.61 Å². The molecule has 0 aliphatic carbocycles. The van der Waals surface area contributed by atoms with E-state index in [1.807, 2.05) is 18.4 Å². The van der Waals surface area contributed by atoms with Crippen LogP contribution in [0.25, 0.3) is 5.65 Å². The molecule has 1 saturated heterocycles. The maximum Gasteiger partial charge on any atom is 0.160 e. The zero-order valence-electron chi connectivity index (χ0n) is 13.0. The fourth-order valence-electron chi connectivity index (χ4n) is 2.64. The van der Waals surface area contributed by atoms with Crippen molar-refractivity contribution >= 4 is 11.5 Å². The van der Waals surface area contributed by atoms with Gasteiger partial charge in [0.1, 0.15) is 5.82 Å². The number of nitrogens with one attached hydrogen (secondary N) is 1. The molecule has 6 heteroatoms. The molecular formula is C15H23N5O. The van der Waals surface area contributed by atoms with Gasteiger partial charge in [-0.1, -0.05) is 0 Å². The second kappa shape index (κ2) is 5.99. The molecule has 21 heavy (non-hydrogen) atoms. The van der Waals surface area contributed by atoms with Gasteiger partial charge in [0, 0.05) is 43.5 Å². The van der Waals surface area contributed by atoms with Crippen LogP contribution in [0.2, 0.25) is 0 Å². The number of aryl methyl sites for hydroxylation is 3. The number of nitrogens with zero attached hydrogens (tertiary/aromatic N) is 4. The molecule has 1 N–H and O–H groups in total. The van der Waals surface area contributed by atoms with E-state index in [9.17, 15) is 0 Å². The number of ether oxygens (including phenoxy) is 1. The summed E-state index contributed by atoms with van der Waals surface area (Å²) >= 11 is 0. The Morgan fingerprint density at radius 1 is 1.24 bits per heavy atom. The molecule has 0 radical (unpaired) electrons. The number of aromatic nitrogens is 3. The molecule has 0 atom stereocenters. The van der Waals surface area contributed by atoms with E-state index >= 15 is 0 Å². The van der Waals surface area contributed by atoms with Gasteiger partial charge < -0.3 is 10.1 Å². The lowest BCUT2D eigenvalue weighted by Gasteiger charge is -2.26. The van der Waals surface area contributed by atoms with Crippen LogP contribution in [0.5, 0.6) is 0 Å². The lowest BCUT2D eigenvalue weighted by Crippen LogP contribution is -2.39. The van der Waals surface area contributed by atoms with Crippen LogP contribution in [-0.4, -0.2) is 58.9 Å². The zero-order chi connectivity index (χ0) is 14.8. The summed E-state index contributed by atoms with van der Waals surface area (Å²) in [4.78, 5) is 7.01. The molecule has 1 fully saturated rings. The smallest absolute Gasteiger partial charge is 0.160 e. The highest BCUT2D eigenvalue weighted by Crippen LogP contribution is 2.17. The Hall–Kier alpha value is -1.66. The number of hydrogen-bond donors (Lipinski definition) is 1. The molecule has 6 nitrogen and oxygen atoms in total. The molecule has 114 valence electrons. The maximum atomic E-state index is 5.37. The van der Waals surface area contributed by atoms with Gasteiger partial charge in [-0.3, -0.25) is 4.90 Å². The minimum atomic E-state index is 0.843. The Labute approximate surface area is 125 Å². The second-order valence-corrected chi connectivity index (χ2v) is 5.61. The summed E-state index contributed by atoms with van der Waals surface area (Å²) in [6.07, 6.45) is 0. The van der Waals surface area contributed by atoms with Gasteiger partial charge >= 0.3 is 0 Å². The van der Waals surface area contributed by atoms with E-state index in [1.54, 1.807) is 0 Å². The van der Waals surface area contributed by atoms with Crippen molar-refractivity contribution in [2.24, 2.45) is 0 Å². The average molecular weight is 289 g/mol. The summed E-state index contributed by atoms with van der Waals surface area (Å²) in [6, 6.07) is 2.05. The Morgan fingerprint density at radius 3 is 2.76 bits per heavy atom. The van der Waals surface area contributed by atoms with Crippen molar-refractivity contribution in [1.29, 1.82) is 0 Å². The standard InChI is InChI=1S/C15H23N5O/c1-11-10-14(16-4-5-19-6-8-21-9-7-19)20-15(17-11)12(2)13(3)18-20/h10,16H,4-9H2,1-3H3. The zero-order valence-corrected chi connectivity index (χ0v) is 13.0. The number of morpholine rings is 1. The van der Waals surface area contributed by atoms with E-state index in [-0.39, 0.29) is 0 Å². The Morgan fingerprint density at radius 2 is 2.00 bits per heavy atom. The number of fused-ring (bicyclic) bond motifs is 1. The largest absolute Gasteiger partial charge is 0.379 e. The molecule has 0 saturated carbocycles. The van der Waals surface area contributed by atoms with Crippen LogP contribution in [0.1, 0.15) is 17.0 Å². The highest BCUT2D eigenvalue weighted by molar-refractivity contribution is 5.55. The first-order valence-electron chi connectivity index (χ1n) is 7.52. The molecule has 2 aromatic rings. The topological polar surface area (TPSA) is 54.7 Å². The van der Waals surface area contributed by atoms with Gasteiger partial charge in [0.2, 0.25) is 0 Å². The molecule has 0 bridgehead atoms. The van der Waals surface area contributed by atoms with Gasteiger partial charge in [-0.05, 0) is 20.8 Å². The van der Waals surface area contributed by atoms with Crippen molar-refractivity contribution in [3.05, 3.63) is 23.0 Å². The molecule has 1 aliphatic heterocycles. The minimum Gasteiger partial charge on any atom is -0.379 e. The Bertz CT molecular complexity index is 631. The van der Waals surface area contributed by atoms with E-state index in [0.717, 1.165) is 67.8 Å². The van der Waals surface area contributed by atoms with Crippen molar-refractivity contribution < 1.29 is 4.74 Å². The second-order valence-electron chi connectivity index (χ2n) is 5.61. The van der Waals surface area contributed by atoms with Gasteiger partial charge in [-0.15, -0.1) is 0 Å². The lowest BCUT2D eigenvalue weighted by atomic mass is 10.3. The quantitative estimate of drug-likeness (QED) is 0.922. The summed E-state index contributed by atoms with van der Waals surface area (Å²) in [7, 11) is 0. The highest BCUT2D eigenvalue weighted by Gasteiger charge is 2.12. The fourth-order valence-corrected chi connectivity index (χ4v) is 2.64. The summed E-state index contributed by atoms with van der Waals surface area (Å²) in [6.45, 7) is 11.8. The van der Waals surface area contributed by atoms with E-state index in [2.05, 4.69) is 33.3 Å². The van der Waals surface area contributed by atoms with Crippen molar-refractivity contribution in [3.8, 4) is 0 Å². The predicted octanol–water partition coefficient (Wildman–Crippen LogP) is 1.40. The van der Waals surface area contributed by atoms with Crippen LogP contribution in [-0.2, 0) is 4.74 Å². The third-order valence-electron chi connectivity index (χ3n) is 4.02. The summed E-state index contributed by atoms with van der Waals surface area (Å²) in [5.74, 6) is 1.02. The summed E-state index contributed by atoms with van der Waals surface area (Å²) in [5, 5.41) is 8.07. The third-order valence-corrected chi connectivity index (χ3v) is 4.02. The van der Waals surface area contributed by atoms with Crippen molar-refractivity contribution in [3.63, 3.8) is 0 Å². The monoisotopic (exact) mass is 289 g/mol. The third kappa shape index (κ3) is 3.01. The predicted molar refractivity (Wildman–Crippen MR) is 82.9 cm³/mol. The van der Waals surface area contributed by atoms with Gasteiger partial charge in [0.25, 0.3) is 0 Å². The average Bonchev–Trinajstić information content (AvgIpc) is 2.76. The number of anilines is 1. The van der Waals surface area contributed by atoms with Crippen LogP contribution in [0.15, 0.2) is 6.07 Å². The van der Waals surface area contributed by atoms with Crippen LogP contribution in [0.4, 0.5) is 5.82 Å². The molecule has 3 rings (SSSR count). The first-order valence-corrected chi connectivity index (χ1v) is 7.52. The molecule has 0 unspecified atom stereocenters. The van der Waals surface area contributed by atoms with Crippen molar-refractivity contribution in [2.45, 2.75) is 20.8 Å². The molecule has 3 heterocycles. The maximum absolute atomic E-state index is 5.37. The minimum absolute atomic E-state index is 0.843. The number of rotatable bonds is 4. The van der Waals surface area contributed by atoms with Gasteiger partial charge in [0.15, 0.2) is 5.65 Å². The molecule has 1 aliphatic rings. The summed E-state index contributed by atoms with van der Waals surface area (Å²) in [5.41, 5.74) is 4.14. The van der Waals surface area contributed by atoms with Gasteiger partial charge in [0.05, 0.1) is 18.9 Å². The fraction of sp³-hybridized carbons (Fsp3) is 0.600. The van der Waals surface area contributed by atoms with Crippen molar-refractivity contribution in [2.75, 3.05) is 44.7 Å². The number of hydrogen-bond acceptors (Lipinski definition) is 5. The molecule has 0 amide bonds. The molecule has 0 spiro atoms. The molecule has 0 aromatic carbocycles. The SMILES string of the molecule is Cc1cc(NCCN2CCOCC2)n2nc(C)c(C)c2n1. The van der Waals surface area contributed by atoms with Crippen LogP contribution in [0.3, 0.4) is 0 Å². The van der Waals surface area contributed by atoms with Crippen molar-refractivity contribution in [1.82, 2.24) is 19.5 Å². The molecular weight excluding hydrogens is 266 g/mol. The summed E-state index contributed by atoms with van der Waals surface area (Å²) < 4.78 is 7.28. The van der Waals surface area contributed by atoms with E-state index < -0.39 is 0 Å². The van der Waals surface area contributed by atoms with E-state index in [0.29, 0.717) is 0 Å². The Balaban J connectivity index is 1.72. The first-order chi connectivity index (χ1) is 10.1. The highest BCUT2D eigenvalue weighted by atomic mass is 16.5. The normalized spacial score (nSPS) is 16.5. The van der Waals surface area contributed by atoms with Crippen LogP contribution < -0.4 is 5.32 Å². The van der Waals surface area contributed by atoms with Crippen LogP contribution >= 0.6 is 0 Å². The first kappa shape index (κ1) is 14.3. The van der Waals surface area contributed by atoms with E-state index in [1.165, 1.54) is 0 Å². The van der Waals surface area contributed by atoms with Crippen LogP contribution in [0, 0.1) is 20.8 Å². The van der Waals surface area contributed by atoms with Gasteiger partial charge in [-0.25, -0.2) is 4.98 Å². The lowest BCUT2D eigenvalue weighted by molar-refractivity contribution is 0.0398. The molecule has 2 aromatic heterocycles. The Kier molecular flexibility index (Phi) is 4.07.